The molecule has 2 N–H and O–H groups in total. The van der Waals surface area contributed by atoms with Gasteiger partial charge in [-0.05, 0) is 24.3 Å². The molecule has 2 rings (SSSR count). The van der Waals surface area contributed by atoms with Gasteiger partial charge in [0.15, 0.2) is 0 Å². The summed E-state index contributed by atoms with van der Waals surface area (Å²) in [5, 5.41) is 14.8. The quantitative estimate of drug-likeness (QED) is 0.830. The van der Waals surface area contributed by atoms with E-state index in [4.69, 9.17) is 21.6 Å². The number of hydrogen-bond donors (Lipinski definition) is 2. The van der Waals surface area contributed by atoms with E-state index in [9.17, 15) is 4.79 Å². The second-order valence-corrected chi connectivity index (χ2v) is 5.16. The van der Waals surface area contributed by atoms with Gasteiger partial charge >= 0.3 is 6.03 Å². The van der Waals surface area contributed by atoms with Gasteiger partial charge in [0.05, 0.1) is 25.3 Å². The van der Waals surface area contributed by atoms with Gasteiger partial charge in [0.25, 0.3) is 0 Å². The Morgan fingerprint density at radius 1 is 1.48 bits per heavy atom. The largest absolute Gasteiger partial charge is 0.374 e. The topological polar surface area (TPSA) is 77.4 Å². The molecule has 112 valence electrons. The molecule has 1 aromatic carbocycles. The molecule has 1 aromatic rings. The maximum Gasteiger partial charge on any atom is 0.319 e. The number of hydrogen-bond acceptors (Lipinski definition) is 4. The van der Waals surface area contributed by atoms with Crippen LogP contribution < -0.4 is 10.6 Å². The summed E-state index contributed by atoms with van der Waals surface area (Å²) in [5.41, 5.74) is 0.674. The summed E-state index contributed by atoms with van der Waals surface area (Å²) < 4.78 is 5.56. The monoisotopic (exact) mass is 308 g/mol. The molecule has 0 radical (unpaired) electrons. The lowest BCUT2D eigenvalue weighted by atomic mass is 10.2. The van der Waals surface area contributed by atoms with Gasteiger partial charge in [0.1, 0.15) is 0 Å². The first kappa shape index (κ1) is 15.6. The number of halogens is 1. The van der Waals surface area contributed by atoms with Crippen molar-refractivity contribution in [3.8, 4) is 6.07 Å². The van der Waals surface area contributed by atoms with Crippen molar-refractivity contribution in [2.45, 2.75) is 6.10 Å². The number of nitrogens with zero attached hydrogens (tertiary/aromatic N) is 2. The second-order valence-electron chi connectivity index (χ2n) is 4.73. The van der Waals surface area contributed by atoms with Gasteiger partial charge in [-0.15, -0.1) is 0 Å². The van der Waals surface area contributed by atoms with E-state index in [1.807, 2.05) is 4.90 Å². The summed E-state index contributed by atoms with van der Waals surface area (Å²) in [7, 11) is 0. The lowest BCUT2D eigenvalue weighted by molar-refractivity contribution is -0.0211. The van der Waals surface area contributed by atoms with Gasteiger partial charge < -0.3 is 15.4 Å². The van der Waals surface area contributed by atoms with Crippen molar-refractivity contribution in [1.29, 1.82) is 5.26 Å². The Bertz CT molecular complexity index is 515. The molecule has 0 aliphatic carbocycles. The Morgan fingerprint density at radius 2 is 2.24 bits per heavy atom. The first-order valence-electron chi connectivity index (χ1n) is 6.68. The molecule has 21 heavy (non-hydrogen) atoms. The SMILES string of the molecule is N#CCN1CCOC(CNC(=O)Nc2ccc(Cl)cc2)C1. The summed E-state index contributed by atoms with van der Waals surface area (Å²) in [6, 6.07) is 8.71. The molecule has 1 aliphatic rings. The minimum Gasteiger partial charge on any atom is -0.374 e. The third-order valence-corrected chi connectivity index (χ3v) is 3.36. The highest BCUT2D eigenvalue weighted by Crippen LogP contribution is 2.13. The normalized spacial score (nSPS) is 18.8. The van der Waals surface area contributed by atoms with Crippen LogP contribution in [-0.2, 0) is 4.74 Å². The number of carbonyl (C=O) groups is 1. The van der Waals surface area contributed by atoms with Crippen molar-refractivity contribution in [2.24, 2.45) is 0 Å². The smallest absolute Gasteiger partial charge is 0.319 e. The third-order valence-electron chi connectivity index (χ3n) is 3.11. The fraction of sp³-hybridized carbons (Fsp3) is 0.429. The summed E-state index contributed by atoms with van der Waals surface area (Å²) in [6.07, 6.45) is -0.0944. The molecule has 6 nitrogen and oxygen atoms in total. The standard InChI is InChI=1S/C14H17ClN4O2/c15-11-1-3-12(4-2-11)18-14(20)17-9-13-10-19(6-5-16)7-8-21-13/h1-4,13H,6-10H2,(H2,17,18,20). The van der Waals surface area contributed by atoms with Crippen molar-refractivity contribution in [1.82, 2.24) is 10.2 Å². The van der Waals surface area contributed by atoms with E-state index in [1.165, 1.54) is 0 Å². The van der Waals surface area contributed by atoms with Gasteiger partial charge in [0.2, 0.25) is 0 Å². The summed E-state index contributed by atoms with van der Waals surface area (Å²) in [6.45, 7) is 2.76. The molecule has 1 aliphatic heterocycles. The maximum atomic E-state index is 11.8. The van der Waals surface area contributed by atoms with Crippen molar-refractivity contribution in [3.63, 3.8) is 0 Å². The van der Waals surface area contributed by atoms with Crippen molar-refractivity contribution < 1.29 is 9.53 Å². The summed E-state index contributed by atoms with van der Waals surface area (Å²) >= 11 is 5.78. The molecular weight excluding hydrogens is 292 g/mol. The van der Waals surface area contributed by atoms with E-state index in [-0.39, 0.29) is 12.1 Å². The zero-order chi connectivity index (χ0) is 15.1. The van der Waals surface area contributed by atoms with E-state index >= 15 is 0 Å². The lowest BCUT2D eigenvalue weighted by Crippen LogP contribution is -2.48. The van der Waals surface area contributed by atoms with E-state index in [0.717, 1.165) is 6.54 Å². The first-order chi connectivity index (χ1) is 10.2. The number of amides is 2. The molecule has 0 aromatic heterocycles. The van der Waals surface area contributed by atoms with Crippen LogP contribution in [0, 0.1) is 11.3 Å². The fourth-order valence-electron chi connectivity index (χ4n) is 2.06. The highest BCUT2D eigenvalue weighted by atomic mass is 35.5. The maximum absolute atomic E-state index is 11.8. The molecule has 2 amide bonds. The Morgan fingerprint density at radius 3 is 2.95 bits per heavy atom. The first-order valence-corrected chi connectivity index (χ1v) is 7.06. The number of urea groups is 1. The zero-order valence-electron chi connectivity index (χ0n) is 11.5. The second kappa shape index (κ2) is 7.84. The highest BCUT2D eigenvalue weighted by molar-refractivity contribution is 6.30. The van der Waals surface area contributed by atoms with Gasteiger partial charge in [-0.1, -0.05) is 11.6 Å². The Hall–Kier alpha value is -1.81. The number of nitrogens with one attached hydrogen (secondary N) is 2. The van der Waals surface area contributed by atoms with Crippen LogP contribution in [0.1, 0.15) is 0 Å². The Labute approximate surface area is 128 Å². The number of ether oxygens (including phenoxy) is 1. The third kappa shape index (κ3) is 5.23. The van der Waals surface area contributed by atoms with Gasteiger partial charge in [-0.25, -0.2) is 4.79 Å². The minimum absolute atomic E-state index is 0.0944. The molecule has 0 bridgehead atoms. The molecule has 1 atom stereocenters. The van der Waals surface area contributed by atoms with E-state index in [0.29, 0.717) is 37.0 Å². The molecule has 1 heterocycles. The van der Waals surface area contributed by atoms with Crippen LogP contribution >= 0.6 is 11.6 Å². The molecule has 1 unspecified atom stereocenters. The van der Waals surface area contributed by atoms with Crippen LogP contribution in [0.25, 0.3) is 0 Å². The average molecular weight is 309 g/mol. The number of morpholine rings is 1. The van der Waals surface area contributed by atoms with Crippen LogP contribution in [0.4, 0.5) is 10.5 Å². The summed E-state index contributed by atoms with van der Waals surface area (Å²) in [5.74, 6) is 0. The lowest BCUT2D eigenvalue weighted by Gasteiger charge is -2.31. The predicted octanol–water partition coefficient (Wildman–Crippen LogP) is 1.69. The molecule has 0 saturated carbocycles. The molecular formula is C14H17ClN4O2. The Kier molecular flexibility index (Phi) is 5.81. The predicted molar refractivity (Wildman–Crippen MR) is 80.3 cm³/mol. The molecule has 1 saturated heterocycles. The van der Waals surface area contributed by atoms with Crippen LogP contribution in [-0.4, -0.2) is 49.8 Å². The van der Waals surface area contributed by atoms with E-state index in [2.05, 4.69) is 16.7 Å². The minimum atomic E-state index is -0.293. The van der Waals surface area contributed by atoms with Crippen LogP contribution in [0.15, 0.2) is 24.3 Å². The van der Waals surface area contributed by atoms with Crippen LogP contribution in [0.2, 0.25) is 5.02 Å². The fourth-order valence-corrected chi connectivity index (χ4v) is 2.19. The van der Waals surface area contributed by atoms with Crippen molar-refractivity contribution in [2.75, 3.05) is 38.1 Å². The van der Waals surface area contributed by atoms with Gasteiger partial charge in [0, 0.05) is 30.3 Å². The highest BCUT2D eigenvalue weighted by Gasteiger charge is 2.20. The number of anilines is 1. The van der Waals surface area contributed by atoms with E-state index < -0.39 is 0 Å². The molecule has 7 heteroatoms. The number of carbonyl (C=O) groups excluding carboxylic acids is 1. The van der Waals surface area contributed by atoms with Crippen LogP contribution in [0.3, 0.4) is 0 Å². The van der Waals surface area contributed by atoms with Gasteiger partial charge in [-0.2, -0.15) is 5.26 Å². The van der Waals surface area contributed by atoms with Crippen LogP contribution in [0.5, 0.6) is 0 Å². The number of benzene rings is 1. The zero-order valence-corrected chi connectivity index (χ0v) is 12.3. The number of rotatable bonds is 4. The van der Waals surface area contributed by atoms with Gasteiger partial charge in [-0.3, -0.25) is 4.90 Å². The molecule has 1 fully saturated rings. The Balaban J connectivity index is 1.73. The van der Waals surface area contributed by atoms with E-state index in [1.54, 1.807) is 24.3 Å². The number of nitriles is 1. The summed E-state index contributed by atoms with van der Waals surface area (Å²) in [4.78, 5) is 13.8. The average Bonchev–Trinajstić information content (AvgIpc) is 2.48. The molecule has 0 spiro atoms. The van der Waals surface area contributed by atoms with Crippen molar-refractivity contribution in [3.05, 3.63) is 29.3 Å². The van der Waals surface area contributed by atoms with Crippen molar-refractivity contribution >= 4 is 23.3 Å².